The van der Waals surface area contributed by atoms with Crippen molar-refractivity contribution >= 4 is 5.91 Å². The molecule has 0 bridgehead atoms. The van der Waals surface area contributed by atoms with E-state index < -0.39 is 0 Å². The average Bonchev–Trinajstić information content (AvgIpc) is 2.33. The lowest BCUT2D eigenvalue weighted by molar-refractivity contribution is 0.0597. The number of hydrogen-bond donors (Lipinski definition) is 1. The predicted octanol–water partition coefficient (Wildman–Crippen LogP) is 0.904. The monoisotopic (exact) mass is 219 g/mol. The van der Waals surface area contributed by atoms with Gasteiger partial charge in [0.2, 0.25) is 0 Å². The van der Waals surface area contributed by atoms with E-state index in [0.29, 0.717) is 11.7 Å². The first-order chi connectivity index (χ1) is 7.70. The SMILES string of the molecule is CC1NCCN(C(=O)c2ccccn2)C1C. The van der Waals surface area contributed by atoms with E-state index >= 15 is 0 Å². The van der Waals surface area contributed by atoms with E-state index in [-0.39, 0.29) is 11.9 Å². The highest BCUT2D eigenvalue weighted by Gasteiger charge is 2.28. The second-order valence-corrected chi connectivity index (χ2v) is 4.20. The molecule has 1 aliphatic rings. The Morgan fingerprint density at radius 3 is 3.00 bits per heavy atom. The third-order valence-corrected chi connectivity index (χ3v) is 3.18. The molecule has 4 heteroatoms. The number of nitrogens with zero attached hydrogens (tertiary/aromatic N) is 2. The summed E-state index contributed by atoms with van der Waals surface area (Å²) < 4.78 is 0. The van der Waals surface area contributed by atoms with E-state index in [2.05, 4.69) is 24.1 Å². The van der Waals surface area contributed by atoms with Crippen molar-refractivity contribution in [2.24, 2.45) is 0 Å². The van der Waals surface area contributed by atoms with Crippen LogP contribution in [0, 0.1) is 0 Å². The Labute approximate surface area is 95.7 Å². The third-order valence-electron chi connectivity index (χ3n) is 3.18. The summed E-state index contributed by atoms with van der Waals surface area (Å²) in [4.78, 5) is 18.2. The van der Waals surface area contributed by atoms with Gasteiger partial charge in [-0.3, -0.25) is 9.78 Å². The van der Waals surface area contributed by atoms with Crippen molar-refractivity contribution in [3.63, 3.8) is 0 Å². The quantitative estimate of drug-likeness (QED) is 0.763. The molecule has 1 aliphatic heterocycles. The van der Waals surface area contributed by atoms with Crippen molar-refractivity contribution in [3.8, 4) is 0 Å². The van der Waals surface area contributed by atoms with Crippen LogP contribution in [0.4, 0.5) is 0 Å². The van der Waals surface area contributed by atoms with Gasteiger partial charge < -0.3 is 10.2 Å². The maximum atomic E-state index is 12.2. The van der Waals surface area contributed by atoms with Crippen molar-refractivity contribution in [3.05, 3.63) is 30.1 Å². The Morgan fingerprint density at radius 2 is 2.31 bits per heavy atom. The number of rotatable bonds is 1. The molecular weight excluding hydrogens is 202 g/mol. The number of amides is 1. The second-order valence-electron chi connectivity index (χ2n) is 4.20. The average molecular weight is 219 g/mol. The summed E-state index contributed by atoms with van der Waals surface area (Å²) >= 11 is 0. The van der Waals surface area contributed by atoms with Crippen molar-refractivity contribution in [2.45, 2.75) is 25.9 Å². The van der Waals surface area contributed by atoms with Gasteiger partial charge in [0.05, 0.1) is 0 Å². The second kappa shape index (κ2) is 4.61. The summed E-state index contributed by atoms with van der Waals surface area (Å²) in [5.74, 6) is 0.0291. The van der Waals surface area contributed by atoms with Gasteiger partial charge in [-0.1, -0.05) is 6.07 Å². The standard InChI is InChI=1S/C12H17N3O/c1-9-10(2)15(8-7-13-9)12(16)11-5-3-4-6-14-11/h3-6,9-10,13H,7-8H2,1-2H3. The van der Waals surface area contributed by atoms with Crippen LogP contribution in [0.5, 0.6) is 0 Å². The molecule has 0 aliphatic carbocycles. The maximum absolute atomic E-state index is 12.2. The Hall–Kier alpha value is -1.42. The molecule has 4 nitrogen and oxygen atoms in total. The molecule has 1 amide bonds. The van der Waals surface area contributed by atoms with Gasteiger partial charge in [-0.2, -0.15) is 0 Å². The zero-order valence-electron chi connectivity index (χ0n) is 9.68. The first-order valence-corrected chi connectivity index (χ1v) is 5.65. The van der Waals surface area contributed by atoms with Gasteiger partial charge >= 0.3 is 0 Å². The largest absolute Gasteiger partial charge is 0.332 e. The number of piperazine rings is 1. The van der Waals surface area contributed by atoms with Gasteiger partial charge in [-0.15, -0.1) is 0 Å². The molecule has 0 spiro atoms. The molecule has 1 saturated heterocycles. The minimum absolute atomic E-state index is 0.0291. The van der Waals surface area contributed by atoms with Gasteiger partial charge in [0.1, 0.15) is 5.69 Å². The fourth-order valence-corrected chi connectivity index (χ4v) is 1.98. The van der Waals surface area contributed by atoms with Gasteiger partial charge in [-0.25, -0.2) is 0 Å². The van der Waals surface area contributed by atoms with E-state index in [4.69, 9.17) is 0 Å². The first kappa shape index (κ1) is 11.1. The molecule has 2 rings (SSSR count). The van der Waals surface area contributed by atoms with Crippen LogP contribution in [-0.4, -0.2) is 41.0 Å². The topological polar surface area (TPSA) is 45.2 Å². The Bertz CT molecular complexity index is 366. The van der Waals surface area contributed by atoms with Crippen molar-refractivity contribution < 1.29 is 4.79 Å². The maximum Gasteiger partial charge on any atom is 0.272 e. The Balaban J connectivity index is 2.15. The van der Waals surface area contributed by atoms with Crippen LogP contribution in [-0.2, 0) is 0 Å². The van der Waals surface area contributed by atoms with Gasteiger partial charge in [0.25, 0.3) is 5.91 Å². The highest BCUT2D eigenvalue weighted by molar-refractivity contribution is 5.92. The van der Waals surface area contributed by atoms with Crippen molar-refractivity contribution in [1.82, 2.24) is 15.2 Å². The molecule has 1 aromatic heterocycles. The number of carbonyl (C=O) groups excluding carboxylic acids is 1. The van der Waals surface area contributed by atoms with Gasteiger partial charge in [-0.05, 0) is 26.0 Å². The Kier molecular flexibility index (Phi) is 3.19. The van der Waals surface area contributed by atoms with Crippen LogP contribution >= 0.6 is 0 Å². The number of nitrogens with one attached hydrogen (secondary N) is 1. The summed E-state index contributed by atoms with van der Waals surface area (Å²) in [5, 5.41) is 3.35. The fraction of sp³-hybridized carbons (Fsp3) is 0.500. The summed E-state index contributed by atoms with van der Waals surface area (Å²) in [7, 11) is 0. The van der Waals surface area contributed by atoms with Crippen LogP contribution in [0.3, 0.4) is 0 Å². The molecular formula is C12H17N3O. The van der Waals surface area contributed by atoms with Crippen LogP contribution in [0.15, 0.2) is 24.4 Å². The molecule has 1 N–H and O–H groups in total. The van der Waals surface area contributed by atoms with Crippen molar-refractivity contribution in [2.75, 3.05) is 13.1 Å². The predicted molar refractivity (Wildman–Crippen MR) is 62.2 cm³/mol. The first-order valence-electron chi connectivity index (χ1n) is 5.65. The van der Waals surface area contributed by atoms with Crippen LogP contribution in [0.25, 0.3) is 0 Å². The minimum atomic E-state index is 0.0291. The zero-order valence-corrected chi connectivity index (χ0v) is 9.68. The number of carbonyl (C=O) groups is 1. The normalized spacial score (nSPS) is 25.5. The molecule has 0 aromatic carbocycles. The molecule has 2 heterocycles. The van der Waals surface area contributed by atoms with E-state index in [1.54, 1.807) is 12.3 Å². The summed E-state index contributed by atoms with van der Waals surface area (Å²) in [6, 6.07) is 5.98. The van der Waals surface area contributed by atoms with Gasteiger partial charge in [0, 0.05) is 31.4 Å². The fourth-order valence-electron chi connectivity index (χ4n) is 1.98. The summed E-state index contributed by atoms with van der Waals surface area (Å²) in [5.41, 5.74) is 0.531. The molecule has 0 radical (unpaired) electrons. The van der Waals surface area contributed by atoms with Gasteiger partial charge in [0.15, 0.2) is 0 Å². The molecule has 86 valence electrons. The van der Waals surface area contributed by atoms with Crippen LogP contribution in [0.1, 0.15) is 24.3 Å². The summed E-state index contributed by atoms with van der Waals surface area (Å²) in [6.45, 7) is 5.77. The smallest absolute Gasteiger partial charge is 0.272 e. The lowest BCUT2D eigenvalue weighted by atomic mass is 10.1. The minimum Gasteiger partial charge on any atom is -0.332 e. The molecule has 2 atom stereocenters. The number of hydrogen-bond acceptors (Lipinski definition) is 3. The van der Waals surface area contributed by atoms with E-state index in [1.165, 1.54) is 0 Å². The molecule has 0 saturated carbocycles. The zero-order chi connectivity index (χ0) is 11.5. The lowest BCUT2D eigenvalue weighted by Crippen LogP contribution is -2.57. The summed E-state index contributed by atoms with van der Waals surface area (Å²) in [6.07, 6.45) is 1.66. The number of pyridine rings is 1. The van der Waals surface area contributed by atoms with E-state index in [1.807, 2.05) is 17.0 Å². The molecule has 1 fully saturated rings. The lowest BCUT2D eigenvalue weighted by Gasteiger charge is -2.38. The number of aromatic nitrogens is 1. The van der Waals surface area contributed by atoms with Crippen molar-refractivity contribution in [1.29, 1.82) is 0 Å². The highest BCUT2D eigenvalue weighted by atomic mass is 16.2. The highest BCUT2D eigenvalue weighted by Crippen LogP contribution is 2.12. The van der Waals surface area contributed by atoms with Crippen LogP contribution < -0.4 is 5.32 Å². The molecule has 1 aromatic rings. The third kappa shape index (κ3) is 2.07. The van der Waals surface area contributed by atoms with Crippen LogP contribution in [0.2, 0.25) is 0 Å². The Morgan fingerprint density at radius 1 is 1.50 bits per heavy atom. The molecule has 16 heavy (non-hydrogen) atoms. The van der Waals surface area contributed by atoms with E-state index in [9.17, 15) is 4.79 Å². The van der Waals surface area contributed by atoms with E-state index in [0.717, 1.165) is 13.1 Å². The molecule has 2 unspecified atom stereocenters.